The first-order valence-electron chi connectivity index (χ1n) is 7.57. The number of hydrogen-bond acceptors (Lipinski definition) is 4. The molecule has 0 bridgehead atoms. The smallest absolute Gasteiger partial charge is 0.322 e. The zero-order chi connectivity index (χ0) is 16.8. The van der Waals surface area contributed by atoms with Gasteiger partial charge < -0.3 is 15.5 Å². The highest BCUT2D eigenvalue weighted by atomic mass is 16.2. The number of hydrogen-bond donors (Lipinski definition) is 3. The van der Waals surface area contributed by atoms with Gasteiger partial charge in [0.1, 0.15) is 6.04 Å². The Bertz CT molecular complexity index is 574. The SMILES string of the molecule is CN(C)[C@@H](CNC(=O)CC[C@H]1NC(=O)NC1=O)c1ccccc1. The highest BCUT2D eigenvalue weighted by Crippen LogP contribution is 2.16. The molecule has 124 valence electrons. The third-order valence-corrected chi connectivity index (χ3v) is 3.82. The van der Waals surface area contributed by atoms with Gasteiger partial charge in [0.2, 0.25) is 5.91 Å². The highest BCUT2D eigenvalue weighted by Gasteiger charge is 2.29. The fourth-order valence-electron chi connectivity index (χ4n) is 2.51. The molecule has 1 aliphatic rings. The Morgan fingerprint density at radius 3 is 2.52 bits per heavy atom. The van der Waals surface area contributed by atoms with E-state index in [0.717, 1.165) is 5.56 Å². The number of likely N-dealkylation sites (N-methyl/N-ethyl adjacent to an activating group) is 1. The Hall–Kier alpha value is -2.41. The molecule has 0 unspecified atom stereocenters. The van der Waals surface area contributed by atoms with Gasteiger partial charge in [-0.25, -0.2) is 4.79 Å². The van der Waals surface area contributed by atoms with E-state index in [1.165, 1.54) is 0 Å². The monoisotopic (exact) mass is 318 g/mol. The van der Waals surface area contributed by atoms with Crippen molar-refractivity contribution in [2.75, 3.05) is 20.6 Å². The fraction of sp³-hybridized carbons (Fsp3) is 0.438. The van der Waals surface area contributed by atoms with Crippen LogP contribution in [-0.4, -0.2) is 49.4 Å². The van der Waals surface area contributed by atoms with Crippen molar-refractivity contribution in [1.82, 2.24) is 20.9 Å². The maximum atomic E-state index is 12.0. The summed E-state index contributed by atoms with van der Waals surface area (Å²) in [6.07, 6.45) is 0.481. The molecule has 1 aromatic rings. The number of imide groups is 1. The molecule has 2 rings (SSSR count). The summed E-state index contributed by atoms with van der Waals surface area (Å²) >= 11 is 0. The van der Waals surface area contributed by atoms with Gasteiger partial charge in [0.25, 0.3) is 5.91 Å². The molecule has 3 N–H and O–H groups in total. The molecule has 7 nitrogen and oxygen atoms in total. The molecular weight excluding hydrogens is 296 g/mol. The minimum atomic E-state index is -0.619. The molecule has 0 aromatic heterocycles. The van der Waals surface area contributed by atoms with Gasteiger partial charge in [0.05, 0.1) is 6.04 Å². The molecule has 0 aliphatic carbocycles. The van der Waals surface area contributed by atoms with E-state index in [0.29, 0.717) is 13.0 Å². The van der Waals surface area contributed by atoms with E-state index in [1.807, 2.05) is 49.3 Å². The average Bonchev–Trinajstić information content (AvgIpc) is 2.84. The van der Waals surface area contributed by atoms with Crippen molar-refractivity contribution in [3.8, 4) is 0 Å². The van der Waals surface area contributed by atoms with Crippen LogP contribution in [0.4, 0.5) is 4.79 Å². The number of amides is 4. The van der Waals surface area contributed by atoms with E-state index in [1.54, 1.807) is 0 Å². The molecule has 7 heteroatoms. The van der Waals surface area contributed by atoms with Gasteiger partial charge in [-0.2, -0.15) is 0 Å². The van der Waals surface area contributed by atoms with Crippen LogP contribution in [0.2, 0.25) is 0 Å². The predicted molar refractivity (Wildman–Crippen MR) is 85.6 cm³/mol. The zero-order valence-corrected chi connectivity index (χ0v) is 13.3. The number of rotatable bonds is 7. The lowest BCUT2D eigenvalue weighted by molar-refractivity contribution is -0.122. The fourth-order valence-corrected chi connectivity index (χ4v) is 2.51. The second kappa shape index (κ2) is 7.73. The molecule has 1 heterocycles. The first-order chi connectivity index (χ1) is 11.0. The molecule has 2 atom stereocenters. The Balaban J connectivity index is 1.80. The number of urea groups is 1. The van der Waals surface area contributed by atoms with Gasteiger partial charge in [-0.05, 0) is 26.1 Å². The number of benzene rings is 1. The molecule has 1 aromatic carbocycles. The summed E-state index contributed by atoms with van der Waals surface area (Å²) in [5.74, 6) is -0.514. The van der Waals surface area contributed by atoms with E-state index in [4.69, 9.17) is 0 Å². The Morgan fingerprint density at radius 1 is 1.26 bits per heavy atom. The second-order valence-corrected chi connectivity index (χ2v) is 5.75. The largest absolute Gasteiger partial charge is 0.354 e. The van der Waals surface area contributed by atoms with Crippen LogP contribution in [0.3, 0.4) is 0 Å². The van der Waals surface area contributed by atoms with Crippen LogP contribution in [0.15, 0.2) is 30.3 Å². The maximum Gasteiger partial charge on any atom is 0.322 e. The molecule has 1 saturated heterocycles. The predicted octanol–water partition coefficient (Wildman–Crippen LogP) is 0.394. The summed E-state index contributed by atoms with van der Waals surface area (Å²) in [6.45, 7) is 0.485. The topological polar surface area (TPSA) is 90.5 Å². The molecule has 0 spiro atoms. The molecule has 23 heavy (non-hydrogen) atoms. The van der Waals surface area contributed by atoms with Crippen LogP contribution in [0.25, 0.3) is 0 Å². The lowest BCUT2D eigenvalue weighted by atomic mass is 10.1. The van der Waals surface area contributed by atoms with E-state index < -0.39 is 12.1 Å². The van der Waals surface area contributed by atoms with Gasteiger partial charge in [-0.1, -0.05) is 30.3 Å². The summed E-state index contributed by atoms with van der Waals surface area (Å²) in [4.78, 5) is 36.4. The number of carbonyl (C=O) groups excluding carboxylic acids is 3. The summed E-state index contributed by atoms with van der Waals surface area (Å²) in [7, 11) is 3.92. The number of nitrogens with one attached hydrogen (secondary N) is 3. The van der Waals surface area contributed by atoms with Crippen molar-refractivity contribution in [3.63, 3.8) is 0 Å². The van der Waals surface area contributed by atoms with Gasteiger partial charge in [0.15, 0.2) is 0 Å². The molecule has 1 aliphatic heterocycles. The first kappa shape index (κ1) is 17.0. The molecular formula is C16H22N4O3. The Kier molecular flexibility index (Phi) is 5.70. The molecule has 4 amide bonds. The van der Waals surface area contributed by atoms with Crippen molar-refractivity contribution < 1.29 is 14.4 Å². The van der Waals surface area contributed by atoms with Crippen molar-refractivity contribution in [1.29, 1.82) is 0 Å². The van der Waals surface area contributed by atoms with Crippen LogP contribution >= 0.6 is 0 Å². The second-order valence-electron chi connectivity index (χ2n) is 5.75. The maximum absolute atomic E-state index is 12.0. The molecule has 1 fully saturated rings. The van der Waals surface area contributed by atoms with E-state index in [2.05, 4.69) is 16.0 Å². The summed E-state index contributed by atoms with van der Waals surface area (Å²) in [5.41, 5.74) is 1.13. The zero-order valence-electron chi connectivity index (χ0n) is 13.3. The standard InChI is InChI=1S/C16H22N4O3/c1-20(2)13(11-6-4-3-5-7-11)10-17-14(21)9-8-12-15(22)19-16(23)18-12/h3-7,12-13H,8-10H2,1-2H3,(H,17,21)(H2,18,19,22,23)/t12-,13+/m1/s1. The average molecular weight is 318 g/mol. The first-order valence-corrected chi connectivity index (χ1v) is 7.57. The van der Waals surface area contributed by atoms with Gasteiger partial charge >= 0.3 is 6.03 Å². The van der Waals surface area contributed by atoms with Crippen LogP contribution in [0.5, 0.6) is 0 Å². The summed E-state index contributed by atoms with van der Waals surface area (Å²) in [6, 6.07) is 8.89. The van der Waals surface area contributed by atoms with Crippen molar-refractivity contribution in [2.45, 2.75) is 24.9 Å². The molecule has 0 radical (unpaired) electrons. The normalized spacial score (nSPS) is 18.5. The highest BCUT2D eigenvalue weighted by molar-refractivity contribution is 6.04. The van der Waals surface area contributed by atoms with Gasteiger partial charge in [0, 0.05) is 13.0 Å². The lowest BCUT2D eigenvalue weighted by Gasteiger charge is -2.25. The van der Waals surface area contributed by atoms with Crippen LogP contribution in [-0.2, 0) is 9.59 Å². The van der Waals surface area contributed by atoms with Crippen LogP contribution in [0, 0.1) is 0 Å². The third-order valence-electron chi connectivity index (χ3n) is 3.82. The number of nitrogens with zero attached hydrogens (tertiary/aromatic N) is 1. The van der Waals surface area contributed by atoms with Crippen molar-refractivity contribution in [3.05, 3.63) is 35.9 Å². The quantitative estimate of drug-likeness (QED) is 0.635. The summed E-state index contributed by atoms with van der Waals surface area (Å²) < 4.78 is 0. The van der Waals surface area contributed by atoms with Crippen LogP contribution < -0.4 is 16.0 Å². The van der Waals surface area contributed by atoms with Crippen LogP contribution in [0.1, 0.15) is 24.4 Å². The number of carbonyl (C=O) groups is 3. The van der Waals surface area contributed by atoms with Gasteiger partial charge in [-0.3, -0.25) is 14.9 Å². The van der Waals surface area contributed by atoms with E-state index in [9.17, 15) is 14.4 Å². The molecule has 0 saturated carbocycles. The summed E-state index contributed by atoms with van der Waals surface area (Å²) in [5, 5.41) is 7.52. The van der Waals surface area contributed by atoms with E-state index >= 15 is 0 Å². The Morgan fingerprint density at radius 2 is 1.96 bits per heavy atom. The minimum absolute atomic E-state index is 0.0784. The van der Waals surface area contributed by atoms with E-state index in [-0.39, 0.29) is 24.3 Å². The van der Waals surface area contributed by atoms with Crippen molar-refractivity contribution >= 4 is 17.8 Å². The Labute approximate surface area is 135 Å². The third kappa shape index (κ3) is 4.79. The van der Waals surface area contributed by atoms with Crippen molar-refractivity contribution in [2.24, 2.45) is 0 Å². The lowest BCUT2D eigenvalue weighted by Crippen LogP contribution is -2.36. The minimum Gasteiger partial charge on any atom is -0.354 e. The van der Waals surface area contributed by atoms with Gasteiger partial charge in [-0.15, -0.1) is 0 Å².